The zero-order valence-electron chi connectivity index (χ0n) is 8.07. The van der Waals surface area contributed by atoms with Crippen LogP contribution in [0.1, 0.15) is 25.3 Å². The summed E-state index contributed by atoms with van der Waals surface area (Å²) in [5, 5.41) is 18.7. The normalized spacial score (nSPS) is 13.2. The predicted molar refractivity (Wildman–Crippen MR) is 52.8 cm³/mol. The third kappa shape index (κ3) is 2.22. The standard InChI is InChI=1S/C11H16O2/c1-8(2)10(7-12)9-5-3-4-6-11(9)13/h3-6,8,10,12-13H,7H2,1-2H3. The first-order chi connectivity index (χ1) is 6.16. The van der Waals surface area contributed by atoms with Gasteiger partial charge in [0.2, 0.25) is 0 Å². The number of phenolic OH excluding ortho intramolecular Hbond substituents is 1. The minimum Gasteiger partial charge on any atom is -0.508 e. The van der Waals surface area contributed by atoms with Gasteiger partial charge in [-0.1, -0.05) is 32.0 Å². The van der Waals surface area contributed by atoms with Gasteiger partial charge in [0.15, 0.2) is 0 Å². The van der Waals surface area contributed by atoms with Gasteiger partial charge in [-0.05, 0) is 17.5 Å². The molecule has 2 N–H and O–H groups in total. The molecule has 0 fully saturated rings. The lowest BCUT2D eigenvalue weighted by atomic mass is 9.89. The second-order valence-electron chi connectivity index (χ2n) is 3.59. The van der Waals surface area contributed by atoms with Crippen molar-refractivity contribution in [3.8, 4) is 5.75 Å². The van der Waals surface area contributed by atoms with Crippen LogP contribution in [0.4, 0.5) is 0 Å². The van der Waals surface area contributed by atoms with Crippen molar-refractivity contribution in [3.05, 3.63) is 29.8 Å². The van der Waals surface area contributed by atoms with Crippen LogP contribution in [0.2, 0.25) is 0 Å². The first kappa shape index (κ1) is 10.1. The van der Waals surface area contributed by atoms with E-state index in [1.165, 1.54) is 0 Å². The highest BCUT2D eigenvalue weighted by Gasteiger charge is 2.17. The van der Waals surface area contributed by atoms with Crippen LogP contribution in [-0.2, 0) is 0 Å². The molecule has 0 radical (unpaired) electrons. The molecule has 0 heterocycles. The first-order valence-electron chi connectivity index (χ1n) is 4.55. The Labute approximate surface area is 78.8 Å². The molecule has 1 aromatic carbocycles. The van der Waals surface area contributed by atoms with E-state index in [1.54, 1.807) is 12.1 Å². The Morgan fingerprint density at radius 2 is 1.85 bits per heavy atom. The van der Waals surface area contributed by atoms with Gasteiger partial charge in [-0.3, -0.25) is 0 Å². The lowest BCUT2D eigenvalue weighted by Gasteiger charge is -2.19. The molecule has 0 aliphatic heterocycles. The van der Waals surface area contributed by atoms with Crippen LogP contribution in [0, 0.1) is 5.92 Å². The topological polar surface area (TPSA) is 40.5 Å². The third-order valence-corrected chi connectivity index (χ3v) is 2.34. The molecule has 0 aliphatic rings. The molecule has 0 saturated carbocycles. The van der Waals surface area contributed by atoms with E-state index in [-0.39, 0.29) is 18.3 Å². The van der Waals surface area contributed by atoms with Gasteiger partial charge in [0.05, 0.1) is 6.61 Å². The van der Waals surface area contributed by atoms with Crippen molar-refractivity contribution in [1.29, 1.82) is 0 Å². The van der Waals surface area contributed by atoms with E-state index in [1.807, 2.05) is 26.0 Å². The summed E-state index contributed by atoms with van der Waals surface area (Å²) >= 11 is 0. The van der Waals surface area contributed by atoms with Gasteiger partial charge in [-0.2, -0.15) is 0 Å². The maximum absolute atomic E-state index is 9.55. The number of benzene rings is 1. The quantitative estimate of drug-likeness (QED) is 0.748. The monoisotopic (exact) mass is 180 g/mol. The Morgan fingerprint density at radius 1 is 1.23 bits per heavy atom. The number of aromatic hydroxyl groups is 1. The summed E-state index contributed by atoms with van der Waals surface area (Å²) in [6, 6.07) is 7.17. The number of hydrogen-bond acceptors (Lipinski definition) is 2. The van der Waals surface area contributed by atoms with E-state index in [9.17, 15) is 5.11 Å². The molecular weight excluding hydrogens is 164 g/mol. The van der Waals surface area contributed by atoms with Gasteiger partial charge in [0.1, 0.15) is 5.75 Å². The third-order valence-electron chi connectivity index (χ3n) is 2.34. The van der Waals surface area contributed by atoms with Crippen LogP contribution in [0.5, 0.6) is 5.75 Å². The van der Waals surface area contributed by atoms with Crippen molar-refractivity contribution in [2.45, 2.75) is 19.8 Å². The molecule has 2 heteroatoms. The van der Waals surface area contributed by atoms with Crippen LogP contribution in [0.15, 0.2) is 24.3 Å². The molecule has 1 unspecified atom stereocenters. The van der Waals surface area contributed by atoms with E-state index in [0.29, 0.717) is 5.92 Å². The zero-order chi connectivity index (χ0) is 9.84. The van der Waals surface area contributed by atoms with Gasteiger partial charge in [0, 0.05) is 5.92 Å². The van der Waals surface area contributed by atoms with E-state index < -0.39 is 0 Å². The van der Waals surface area contributed by atoms with E-state index >= 15 is 0 Å². The number of para-hydroxylation sites is 1. The van der Waals surface area contributed by atoms with Gasteiger partial charge < -0.3 is 10.2 Å². The molecule has 0 aliphatic carbocycles. The highest BCUT2D eigenvalue weighted by atomic mass is 16.3. The average Bonchev–Trinajstić information content (AvgIpc) is 2.09. The Hall–Kier alpha value is -1.02. The fourth-order valence-corrected chi connectivity index (χ4v) is 1.47. The Kier molecular flexibility index (Phi) is 3.32. The molecule has 0 saturated heterocycles. The van der Waals surface area contributed by atoms with E-state index in [4.69, 9.17) is 5.11 Å². The van der Waals surface area contributed by atoms with Crippen LogP contribution in [0.25, 0.3) is 0 Å². The fraction of sp³-hybridized carbons (Fsp3) is 0.455. The van der Waals surface area contributed by atoms with Gasteiger partial charge in [0.25, 0.3) is 0 Å². The number of aliphatic hydroxyl groups is 1. The highest BCUT2D eigenvalue weighted by molar-refractivity contribution is 5.35. The summed E-state index contributed by atoms with van der Waals surface area (Å²) in [6.45, 7) is 4.15. The maximum Gasteiger partial charge on any atom is 0.119 e. The molecule has 0 bridgehead atoms. The maximum atomic E-state index is 9.55. The Balaban J connectivity index is 2.97. The zero-order valence-corrected chi connectivity index (χ0v) is 8.07. The van der Waals surface area contributed by atoms with Crippen LogP contribution in [0.3, 0.4) is 0 Å². The largest absolute Gasteiger partial charge is 0.508 e. The summed E-state index contributed by atoms with van der Waals surface area (Å²) in [5.41, 5.74) is 0.833. The Bertz CT molecular complexity index is 269. The molecule has 0 amide bonds. The van der Waals surface area contributed by atoms with E-state index in [0.717, 1.165) is 5.56 Å². The molecule has 13 heavy (non-hydrogen) atoms. The molecule has 0 aromatic heterocycles. The minimum absolute atomic E-state index is 0.0289. The number of rotatable bonds is 3. The van der Waals surface area contributed by atoms with E-state index in [2.05, 4.69) is 0 Å². The lowest BCUT2D eigenvalue weighted by Crippen LogP contribution is -2.11. The molecule has 72 valence electrons. The molecule has 1 atom stereocenters. The fourth-order valence-electron chi connectivity index (χ4n) is 1.47. The lowest BCUT2D eigenvalue weighted by molar-refractivity contribution is 0.234. The summed E-state index contributed by atoms with van der Waals surface area (Å²) < 4.78 is 0. The number of aliphatic hydroxyl groups excluding tert-OH is 1. The van der Waals surface area contributed by atoms with Crippen molar-refractivity contribution in [2.24, 2.45) is 5.92 Å². The van der Waals surface area contributed by atoms with Crippen molar-refractivity contribution >= 4 is 0 Å². The molecular formula is C11H16O2. The smallest absolute Gasteiger partial charge is 0.119 e. The number of hydrogen-bond donors (Lipinski definition) is 2. The minimum atomic E-state index is 0.0289. The van der Waals surface area contributed by atoms with Crippen molar-refractivity contribution < 1.29 is 10.2 Å². The van der Waals surface area contributed by atoms with Gasteiger partial charge in [-0.25, -0.2) is 0 Å². The molecule has 1 aromatic rings. The second-order valence-corrected chi connectivity index (χ2v) is 3.59. The van der Waals surface area contributed by atoms with Crippen LogP contribution < -0.4 is 0 Å². The summed E-state index contributed by atoms with van der Waals surface area (Å²) in [7, 11) is 0. The van der Waals surface area contributed by atoms with Crippen LogP contribution >= 0.6 is 0 Å². The van der Waals surface area contributed by atoms with Crippen molar-refractivity contribution in [1.82, 2.24) is 0 Å². The van der Waals surface area contributed by atoms with Crippen LogP contribution in [-0.4, -0.2) is 16.8 Å². The van der Waals surface area contributed by atoms with Gasteiger partial charge >= 0.3 is 0 Å². The molecule has 1 rings (SSSR count). The first-order valence-corrected chi connectivity index (χ1v) is 4.55. The number of phenols is 1. The second kappa shape index (κ2) is 4.28. The van der Waals surface area contributed by atoms with Crippen molar-refractivity contribution in [2.75, 3.05) is 6.61 Å². The molecule has 2 nitrogen and oxygen atoms in total. The van der Waals surface area contributed by atoms with Crippen molar-refractivity contribution in [3.63, 3.8) is 0 Å². The highest BCUT2D eigenvalue weighted by Crippen LogP contribution is 2.30. The summed E-state index contributed by atoms with van der Waals surface area (Å²) in [6.07, 6.45) is 0. The predicted octanol–water partition coefficient (Wildman–Crippen LogP) is 2.12. The summed E-state index contributed by atoms with van der Waals surface area (Å²) in [5.74, 6) is 0.634. The van der Waals surface area contributed by atoms with Gasteiger partial charge in [-0.15, -0.1) is 0 Å². The summed E-state index contributed by atoms with van der Waals surface area (Å²) in [4.78, 5) is 0. The molecule has 0 spiro atoms. The average molecular weight is 180 g/mol. The SMILES string of the molecule is CC(C)C(CO)c1ccccc1O. The Morgan fingerprint density at radius 3 is 2.31 bits per heavy atom.